The first kappa shape index (κ1) is 27.4. The molecule has 0 aliphatic rings. The first-order valence-corrected chi connectivity index (χ1v) is 11.8. The Morgan fingerprint density at radius 3 is 2.22 bits per heavy atom. The van der Waals surface area contributed by atoms with E-state index in [4.69, 9.17) is 51.1 Å². The maximum Gasteiger partial charge on any atom is 0.397 e. The first-order chi connectivity index (χ1) is 17.1. The number of nitrogens with one attached hydrogen (secondary N) is 2. The zero-order valence-corrected chi connectivity index (χ0v) is 21.6. The van der Waals surface area contributed by atoms with Crippen molar-refractivity contribution in [1.29, 1.82) is 0 Å². The standard InChI is InChI=1S/C24H18Cl4N2O6/c1-2-35-24(34)23(33)30-13-8-18(27)21(19(28)9-13)36-14-4-6-20(31)15(10-14)22(32)29-11-12-3-5-16(25)17(26)7-12/h3-10,31H,2,11H2,1H3,(H,29,32)(H,30,33). The van der Waals surface area contributed by atoms with E-state index in [2.05, 4.69) is 15.4 Å². The van der Waals surface area contributed by atoms with Crippen LogP contribution in [0.3, 0.4) is 0 Å². The summed E-state index contributed by atoms with van der Waals surface area (Å²) >= 11 is 24.4. The van der Waals surface area contributed by atoms with Crippen LogP contribution in [-0.4, -0.2) is 29.5 Å². The van der Waals surface area contributed by atoms with Gasteiger partial charge in [-0.05, 0) is 55.0 Å². The number of hydrogen-bond donors (Lipinski definition) is 3. The van der Waals surface area contributed by atoms with Crippen molar-refractivity contribution >= 4 is 69.9 Å². The van der Waals surface area contributed by atoms with Gasteiger partial charge in [-0.15, -0.1) is 0 Å². The Labute approximate surface area is 226 Å². The van der Waals surface area contributed by atoms with Gasteiger partial charge in [0.05, 0.1) is 32.3 Å². The average Bonchev–Trinajstić information content (AvgIpc) is 2.83. The zero-order chi connectivity index (χ0) is 26.4. The number of phenolic OH excluding ortho intramolecular Hbond substituents is 1. The van der Waals surface area contributed by atoms with Crippen LogP contribution < -0.4 is 15.4 Å². The molecule has 3 aromatic carbocycles. The van der Waals surface area contributed by atoms with Gasteiger partial charge in [0.25, 0.3) is 5.91 Å². The van der Waals surface area contributed by atoms with Crippen LogP contribution in [0.4, 0.5) is 5.69 Å². The minimum atomic E-state index is -1.06. The lowest BCUT2D eigenvalue weighted by Gasteiger charge is -2.14. The lowest BCUT2D eigenvalue weighted by Crippen LogP contribution is -2.24. The van der Waals surface area contributed by atoms with Crippen LogP contribution in [0.15, 0.2) is 48.5 Å². The average molecular weight is 572 g/mol. The molecule has 12 heteroatoms. The largest absolute Gasteiger partial charge is 0.507 e. The van der Waals surface area contributed by atoms with E-state index in [1.165, 1.54) is 30.3 Å². The van der Waals surface area contributed by atoms with Crippen molar-refractivity contribution in [2.24, 2.45) is 0 Å². The summed E-state index contributed by atoms with van der Waals surface area (Å²) in [5.41, 5.74) is 0.792. The van der Waals surface area contributed by atoms with Crippen LogP contribution >= 0.6 is 46.4 Å². The van der Waals surface area contributed by atoms with Crippen LogP contribution in [0.2, 0.25) is 20.1 Å². The van der Waals surface area contributed by atoms with Crippen LogP contribution in [0.1, 0.15) is 22.8 Å². The number of hydrogen-bond acceptors (Lipinski definition) is 6. The van der Waals surface area contributed by atoms with E-state index in [1.54, 1.807) is 25.1 Å². The number of phenols is 1. The van der Waals surface area contributed by atoms with Crippen LogP contribution in [0.5, 0.6) is 17.2 Å². The minimum Gasteiger partial charge on any atom is -0.507 e. The Hall–Kier alpha value is -3.17. The fourth-order valence-electron chi connectivity index (χ4n) is 2.91. The molecule has 0 radical (unpaired) electrons. The van der Waals surface area contributed by atoms with Crippen molar-refractivity contribution in [2.75, 3.05) is 11.9 Å². The first-order valence-electron chi connectivity index (χ1n) is 10.3. The third kappa shape index (κ3) is 6.95. The van der Waals surface area contributed by atoms with Gasteiger partial charge in [0.2, 0.25) is 0 Å². The highest BCUT2D eigenvalue weighted by molar-refractivity contribution is 6.42. The second-order valence-corrected chi connectivity index (χ2v) is 8.78. The molecule has 0 unspecified atom stereocenters. The third-order valence-electron chi connectivity index (χ3n) is 4.59. The normalized spacial score (nSPS) is 10.5. The highest BCUT2D eigenvalue weighted by Crippen LogP contribution is 2.39. The van der Waals surface area contributed by atoms with E-state index >= 15 is 0 Å². The highest BCUT2D eigenvalue weighted by Gasteiger charge is 2.19. The molecule has 8 nitrogen and oxygen atoms in total. The van der Waals surface area contributed by atoms with Gasteiger partial charge >= 0.3 is 11.9 Å². The van der Waals surface area contributed by atoms with E-state index in [1.807, 2.05) is 0 Å². The van der Waals surface area contributed by atoms with Gasteiger partial charge in [-0.1, -0.05) is 52.5 Å². The van der Waals surface area contributed by atoms with Crippen molar-refractivity contribution in [3.63, 3.8) is 0 Å². The van der Waals surface area contributed by atoms with Gasteiger partial charge in [-0.2, -0.15) is 0 Å². The van der Waals surface area contributed by atoms with E-state index in [9.17, 15) is 19.5 Å². The number of carbonyl (C=O) groups excluding carboxylic acids is 3. The number of anilines is 1. The fraction of sp³-hybridized carbons (Fsp3) is 0.125. The van der Waals surface area contributed by atoms with Gasteiger partial charge in [0.1, 0.15) is 11.5 Å². The number of esters is 1. The highest BCUT2D eigenvalue weighted by atomic mass is 35.5. The summed E-state index contributed by atoms with van der Waals surface area (Å²) in [4.78, 5) is 36.0. The Morgan fingerprint density at radius 1 is 0.889 bits per heavy atom. The predicted octanol–water partition coefficient (Wildman–Crippen LogP) is 6.23. The van der Waals surface area contributed by atoms with Crippen molar-refractivity contribution in [2.45, 2.75) is 13.5 Å². The minimum absolute atomic E-state index is 0.0142. The summed E-state index contributed by atoms with van der Waals surface area (Å²) < 4.78 is 10.4. The molecule has 0 saturated heterocycles. The zero-order valence-electron chi connectivity index (χ0n) is 18.5. The summed E-state index contributed by atoms with van der Waals surface area (Å²) in [5.74, 6) is -2.71. The molecule has 3 rings (SSSR count). The quantitative estimate of drug-likeness (QED) is 0.229. The molecule has 36 heavy (non-hydrogen) atoms. The van der Waals surface area contributed by atoms with Crippen LogP contribution in [0.25, 0.3) is 0 Å². The molecule has 188 valence electrons. The molecule has 3 aromatic rings. The smallest absolute Gasteiger partial charge is 0.397 e. The number of amides is 2. The molecule has 0 aliphatic heterocycles. The van der Waals surface area contributed by atoms with Crippen molar-refractivity contribution < 1.29 is 29.0 Å². The Kier molecular flexibility index (Phi) is 9.28. The Bertz CT molecular complexity index is 1310. The van der Waals surface area contributed by atoms with Gasteiger partial charge < -0.3 is 25.2 Å². The summed E-state index contributed by atoms with van der Waals surface area (Å²) in [6.07, 6.45) is 0. The predicted molar refractivity (Wildman–Crippen MR) is 138 cm³/mol. The molecule has 0 aromatic heterocycles. The molecule has 3 N–H and O–H groups in total. The van der Waals surface area contributed by atoms with Crippen LogP contribution in [0, 0.1) is 0 Å². The molecule has 0 heterocycles. The van der Waals surface area contributed by atoms with E-state index in [-0.39, 0.29) is 51.7 Å². The summed E-state index contributed by atoms with van der Waals surface area (Å²) in [5, 5.41) is 15.9. The number of ether oxygens (including phenoxy) is 2. The number of aromatic hydroxyl groups is 1. The molecule has 0 fully saturated rings. The Balaban J connectivity index is 1.74. The van der Waals surface area contributed by atoms with Crippen molar-refractivity contribution in [1.82, 2.24) is 5.32 Å². The summed E-state index contributed by atoms with van der Waals surface area (Å²) in [6, 6.07) is 11.6. The van der Waals surface area contributed by atoms with Gasteiger partial charge in [-0.25, -0.2) is 4.79 Å². The summed E-state index contributed by atoms with van der Waals surface area (Å²) in [7, 11) is 0. The molecule has 0 saturated carbocycles. The molecule has 2 amide bonds. The molecule has 0 aliphatic carbocycles. The molecular formula is C24H18Cl4N2O6. The van der Waals surface area contributed by atoms with Crippen molar-refractivity contribution in [3.8, 4) is 17.2 Å². The van der Waals surface area contributed by atoms with Gasteiger partial charge in [0.15, 0.2) is 5.75 Å². The molecule has 0 bridgehead atoms. The van der Waals surface area contributed by atoms with E-state index in [0.717, 1.165) is 0 Å². The Morgan fingerprint density at radius 2 is 1.58 bits per heavy atom. The van der Waals surface area contributed by atoms with E-state index in [0.29, 0.717) is 15.6 Å². The maximum absolute atomic E-state index is 12.7. The number of rotatable bonds is 7. The third-order valence-corrected chi connectivity index (χ3v) is 5.89. The molecule has 0 atom stereocenters. The number of carbonyl (C=O) groups is 3. The fourth-order valence-corrected chi connectivity index (χ4v) is 3.80. The number of benzene rings is 3. The topological polar surface area (TPSA) is 114 Å². The molecular weight excluding hydrogens is 554 g/mol. The van der Waals surface area contributed by atoms with Crippen LogP contribution in [-0.2, 0) is 20.9 Å². The lowest BCUT2D eigenvalue weighted by molar-refractivity contribution is -0.152. The van der Waals surface area contributed by atoms with Gasteiger partial charge in [-0.3, -0.25) is 9.59 Å². The summed E-state index contributed by atoms with van der Waals surface area (Å²) in [6.45, 7) is 1.75. The monoisotopic (exact) mass is 570 g/mol. The molecule has 0 spiro atoms. The second kappa shape index (κ2) is 12.2. The second-order valence-electron chi connectivity index (χ2n) is 7.16. The number of halogens is 4. The van der Waals surface area contributed by atoms with Crippen molar-refractivity contribution in [3.05, 3.63) is 79.7 Å². The maximum atomic E-state index is 12.7. The van der Waals surface area contributed by atoms with E-state index < -0.39 is 17.8 Å². The SMILES string of the molecule is CCOC(=O)C(=O)Nc1cc(Cl)c(Oc2ccc(O)c(C(=O)NCc3ccc(Cl)c(Cl)c3)c2)c(Cl)c1. The lowest BCUT2D eigenvalue weighted by atomic mass is 10.1. The van der Waals surface area contributed by atoms with Gasteiger partial charge in [0, 0.05) is 12.2 Å².